The third-order valence-corrected chi connectivity index (χ3v) is 10.3. The molecule has 0 radical (unpaired) electrons. The smallest absolute Gasteiger partial charge is 0.281 e. The van der Waals surface area contributed by atoms with Crippen molar-refractivity contribution in [3.8, 4) is 11.5 Å². The summed E-state index contributed by atoms with van der Waals surface area (Å²) < 4.78 is 55.7. The number of fused-ring (bicyclic) bond motifs is 1. The van der Waals surface area contributed by atoms with Crippen LogP contribution in [0.4, 0.5) is 15.8 Å². The molecule has 1 unspecified atom stereocenters. The lowest BCUT2D eigenvalue weighted by Gasteiger charge is -2.37. The second kappa shape index (κ2) is 10.1. The Kier molecular flexibility index (Phi) is 6.83. The molecule has 2 aliphatic heterocycles. The van der Waals surface area contributed by atoms with E-state index in [0.29, 0.717) is 30.4 Å². The van der Waals surface area contributed by atoms with Gasteiger partial charge in [0.2, 0.25) is 0 Å². The van der Waals surface area contributed by atoms with Gasteiger partial charge in [0.05, 0.1) is 23.0 Å². The molecular formula is C31H34FN3O6S. The summed E-state index contributed by atoms with van der Waals surface area (Å²) in [4.78, 5) is 19.7. The fourth-order valence-electron chi connectivity index (χ4n) is 6.02. The highest BCUT2D eigenvalue weighted by molar-refractivity contribution is 7.95. The number of nitrogens with one attached hydrogen (secondary N) is 1. The second-order valence-corrected chi connectivity index (χ2v) is 14.2. The van der Waals surface area contributed by atoms with E-state index in [1.54, 1.807) is 32.0 Å². The van der Waals surface area contributed by atoms with E-state index >= 15 is 4.39 Å². The Labute approximate surface area is 244 Å². The average Bonchev–Trinajstić information content (AvgIpc) is 3.66. The number of halogens is 1. The first kappa shape index (κ1) is 28.3. The van der Waals surface area contributed by atoms with Crippen LogP contribution in [0, 0.1) is 31.0 Å². The van der Waals surface area contributed by atoms with Gasteiger partial charge in [-0.15, -0.1) is 0 Å². The summed E-state index contributed by atoms with van der Waals surface area (Å²) in [7, 11) is -4.04. The van der Waals surface area contributed by atoms with Gasteiger partial charge in [-0.2, -0.15) is 0 Å². The Morgan fingerprint density at radius 2 is 2.00 bits per heavy atom. The monoisotopic (exact) mass is 595 g/mol. The molecule has 0 spiro atoms. The van der Waals surface area contributed by atoms with Crippen LogP contribution in [0.2, 0.25) is 0 Å². The molecule has 42 heavy (non-hydrogen) atoms. The number of rotatable bonds is 6. The molecule has 11 heteroatoms. The van der Waals surface area contributed by atoms with Crippen molar-refractivity contribution in [3.63, 3.8) is 0 Å². The SMILES string of the molecule is Cc1nc(C(=O)N2c3cccc(O)c3NC3=C(C2c2ccc(OCCC4CC4)cc2F)S(=O)(=O)CC(C)(C)C3)c(C)o1. The van der Waals surface area contributed by atoms with Crippen LogP contribution >= 0.6 is 0 Å². The minimum atomic E-state index is -4.04. The van der Waals surface area contributed by atoms with Gasteiger partial charge >= 0.3 is 0 Å². The molecule has 2 aromatic carbocycles. The lowest BCUT2D eigenvalue weighted by molar-refractivity contribution is 0.0974. The molecule has 1 aliphatic carbocycles. The van der Waals surface area contributed by atoms with Crippen molar-refractivity contribution in [3.05, 3.63) is 75.7 Å². The van der Waals surface area contributed by atoms with Crippen LogP contribution in [0.3, 0.4) is 0 Å². The number of allylic oxidation sites excluding steroid dienone is 1. The number of para-hydroxylation sites is 1. The number of aromatic nitrogens is 1. The summed E-state index contributed by atoms with van der Waals surface area (Å²) in [5, 5.41) is 14.1. The molecular weight excluding hydrogens is 561 g/mol. The Morgan fingerprint density at radius 1 is 1.24 bits per heavy atom. The van der Waals surface area contributed by atoms with E-state index in [4.69, 9.17) is 9.15 Å². The van der Waals surface area contributed by atoms with Crippen LogP contribution in [0.5, 0.6) is 11.5 Å². The van der Waals surface area contributed by atoms with E-state index in [-0.39, 0.29) is 50.7 Å². The summed E-state index contributed by atoms with van der Waals surface area (Å²) in [5.74, 6) is -0.340. The number of aromatic hydroxyl groups is 1. The Balaban J connectivity index is 1.57. The van der Waals surface area contributed by atoms with Crippen LogP contribution in [0.25, 0.3) is 0 Å². The molecule has 0 saturated heterocycles. The number of sulfone groups is 1. The minimum absolute atomic E-state index is 0.0236. The first-order valence-electron chi connectivity index (χ1n) is 14.1. The van der Waals surface area contributed by atoms with E-state index < -0.39 is 33.0 Å². The number of phenols is 1. The van der Waals surface area contributed by atoms with Crippen molar-refractivity contribution in [1.29, 1.82) is 0 Å². The maximum absolute atomic E-state index is 16.2. The van der Waals surface area contributed by atoms with Gasteiger partial charge in [-0.25, -0.2) is 17.8 Å². The van der Waals surface area contributed by atoms with E-state index in [9.17, 15) is 18.3 Å². The number of aryl methyl sites for hydroxylation is 2. The molecule has 3 aromatic rings. The number of hydrogen-bond acceptors (Lipinski definition) is 8. The molecule has 3 aliphatic rings. The summed E-state index contributed by atoms with van der Waals surface area (Å²) >= 11 is 0. The summed E-state index contributed by atoms with van der Waals surface area (Å²) in [6, 6.07) is 7.47. The van der Waals surface area contributed by atoms with Gasteiger partial charge in [0.1, 0.15) is 34.8 Å². The highest BCUT2D eigenvalue weighted by Crippen LogP contribution is 2.52. The Hall–Kier alpha value is -3.86. The number of nitrogens with zero attached hydrogens (tertiary/aromatic N) is 2. The third kappa shape index (κ3) is 5.14. The zero-order chi connectivity index (χ0) is 30.0. The van der Waals surface area contributed by atoms with Crippen molar-refractivity contribution in [2.45, 2.75) is 59.4 Å². The van der Waals surface area contributed by atoms with Gasteiger partial charge in [0.25, 0.3) is 5.91 Å². The van der Waals surface area contributed by atoms with Crippen LogP contribution in [0.15, 0.2) is 51.4 Å². The number of hydrogen-bond donors (Lipinski definition) is 2. The first-order chi connectivity index (χ1) is 19.8. The van der Waals surface area contributed by atoms with Gasteiger partial charge in [0.15, 0.2) is 21.4 Å². The lowest BCUT2D eigenvalue weighted by Crippen LogP contribution is -2.41. The summed E-state index contributed by atoms with van der Waals surface area (Å²) in [6.07, 6.45) is 3.54. The van der Waals surface area contributed by atoms with Gasteiger partial charge < -0.3 is 19.6 Å². The number of carbonyl (C=O) groups excluding carboxylic acids is 1. The molecule has 1 fully saturated rings. The highest BCUT2D eigenvalue weighted by atomic mass is 32.2. The molecule has 1 aromatic heterocycles. The van der Waals surface area contributed by atoms with E-state index in [0.717, 1.165) is 6.42 Å². The van der Waals surface area contributed by atoms with Gasteiger partial charge in [-0.05, 0) is 55.4 Å². The fourth-order valence-corrected chi connectivity index (χ4v) is 8.38. The molecule has 1 atom stereocenters. The fraction of sp³-hybridized carbons (Fsp3) is 0.419. The van der Waals surface area contributed by atoms with Gasteiger partial charge in [0, 0.05) is 24.3 Å². The summed E-state index contributed by atoms with van der Waals surface area (Å²) in [5.41, 5.74) is -0.0964. The zero-order valence-corrected chi connectivity index (χ0v) is 24.8. The molecule has 6 rings (SSSR count). The molecule has 1 saturated carbocycles. The highest BCUT2D eigenvalue weighted by Gasteiger charge is 2.48. The van der Waals surface area contributed by atoms with Crippen molar-refractivity contribution in [1.82, 2.24) is 4.98 Å². The van der Waals surface area contributed by atoms with E-state index in [1.807, 2.05) is 13.8 Å². The number of benzene rings is 2. The molecule has 3 heterocycles. The van der Waals surface area contributed by atoms with Crippen molar-refractivity contribution in [2.75, 3.05) is 22.6 Å². The average molecular weight is 596 g/mol. The number of anilines is 2. The lowest BCUT2D eigenvalue weighted by atomic mass is 9.88. The van der Waals surface area contributed by atoms with Crippen LogP contribution < -0.4 is 15.0 Å². The van der Waals surface area contributed by atoms with Crippen molar-refractivity contribution in [2.24, 2.45) is 11.3 Å². The van der Waals surface area contributed by atoms with Crippen LogP contribution in [0.1, 0.15) is 73.3 Å². The van der Waals surface area contributed by atoms with Crippen molar-refractivity contribution < 1.29 is 31.9 Å². The van der Waals surface area contributed by atoms with Crippen molar-refractivity contribution >= 4 is 27.1 Å². The van der Waals surface area contributed by atoms with E-state index in [2.05, 4.69) is 10.3 Å². The summed E-state index contributed by atoms with van der Waals surface area (Å²) in [6.45, 7) is 7.31. The number of amides is 1. The topological polar surface area (TPSA) is 122 Å². The normalized spacial score (nSPS) is 20.8. The minimum Gasteiger partial charge on any atom is -0.506 e. The van der Waals surface area contributed by atoms with Crippen LogP contribution in [-0.2, 0) is 9.84 Å². The quantitative estimate of drug-likeness (QED) is 0.324. The first-order valence-corrected chi connectivity index (χ1v) is 15.7. The molecule has 9 nitrogen and oxygen atoms in total. The molecule has 1 amide bonds. The molecule has 2 N–H and O–H groups in total. The maximum atomic E-state index is 16.2. The number of phenolic OH excluding ortho intramolecular Hbond substituents is 1. The second-order valence-electron chi connectivity index (χ2n) is 12.2. The predicted octanol–water partition coefficient (Wildman–Crippen LogP) is 6.18. The van der Waals surface area contributed by atoms with Crippen LogP contribution in [-0.4, -0.2) is 36.8 Å². The predicted molar refractivity (Wildman–Crippen MR) is 156 cm³/mol. The van der Waals surface area contributed by atoms with Gasteiger partial charge in [-0.1, -0.05) is 32.8 Å². The molecule has 222 valence electrons. The Morgan fingerprint density at radius 3 is 2.67 bits per heavy atom. The number of oxazole rings is 1. The standard InChI is InChI=1S/C31H34FN3O6S/c1-17-26(33-18(2)41-17)30(37)35-24-6-5-7-25(36)27(24)34-23-15-31(3,4)16-42(38,39)29(23)28(35)21-11-10-20(14-22(21)32)40-13-12-19-8-9-19/h5-7,10-11,14,19,28,34,36H,8-9,12-13,15-16H2,1-4H3. The Bertz CT molecular complexity index is 1720. The number of carbonyl (C=O) groups is 1. The van der Waals surface area contributed by atoms with E-state index in [1.165, 1.54) is 35.9 Å². The largest absolute Gasteiger partial charge is 0.506 e. The number of ether oxygens (including phenoxy) is 1. The maximum Gasteiger partial charge on any atom is 0.281 e. The third-order valence-electron chi connectivity index (χ3n) is 8.01. The molecule has 0 bridgehead atoms. The zero-order valence-electron chi connectivity index (χ0n) is 24.0. The van der Waals surface area contributed by atoms with Gasteiger partial charge in [-0.3, -0.25) is 9.69 Å².